The molecule has 1 fully saturated rings. The summed E-state index contributed by atoms with van der Waals surface area (Å²) < 4.78 is 0. The third kappa shape index (κ3) is 1.44. The van der Waals surface area contributed by atoms with Gasteiger partial charge in [-0.05, 0) is 7.05 Å². The van der Waals surface area contributed by atoms with Gasteiger partial charge in [-0.2, -0.15) is 0 Å². The minimum absolute atomic E-state index is 0.413. The molecule has 1 aliphatic heterocycles. The Bertz CT molecular complexity index is 66.8. The zero-order chi connectivity index (χ0) is 5.98. The molecule has 3 heteroatoms. The Hall–Kier alpha value is 0.400. The minimum atomic E-state index is 0.413. The van der Waals surface area contributed by atoms with E-state index in [1.165, 1.54) is 0 Å². The Balaban J connectivity index is 2.28. The smallest absolute Gasteiger partial charge is 0.0825 e. The lowest BCUT2D eigenvalue weighted by Crippen LogP contribution is -2.42. The third-order valence-corrected chi connectivity index (χ3v) is 2.25. The highest BCUT2D eigenvalue weighted by Crippen LogP contribution is 2.08. The maximum absolute atomic E-state index is 3.46. The summed E-state index contributed by atoms with van der Waals surface area (Å²) >= 11 is 3.46. The Labute approximate surface area is 58.4 Å². The van der Waals surface area contributed by atoms with E-state index in [1.807, 2.05) is 6.54 Å². The number of nitrogens with one attached hydrogen (secondary N) is 1. The van der Waals surface area contributed by atoms with Crippen LogP contribution in [0.15, 0.2) is 0 Å². The van der Waals surface area contributed by atoms with Crippen LogP contribution in [0.5, 0.6) is 0 Å². The van der Waals surface area contributed by atoms with Crippen molar-refractivity contribution in [3.05, 3.63) is 6.54 Å². The molecule has 2 nitrogen and oxygen atoms in total. The maximum atomic E-state index is 3.46. The fourth-order valence-corrected chi connectivity index (χ4v) is 1.06. The molecule has 47 valence electrons. The maximum Gasteiger partial charge on any atom is 0.0825 e. The predicted molar refractivity (Wildman–Crippen MR) is 37.6 cm³/mol. The van der Waals surface area contributed by atoms with Crippen LogP contribution in [0.25, 0.3) is 0 Å². The molecule has 0 aromatic carbocycles. The highest BCUT2D eigenvalue weighted by Gasteiger charge is 2.13. The van der Waals surface area contributed by atoms with Crippen LogP contribution in [0.4, 0.5) is 0 Å². The normalized spacial score (nSPS) is 33.0. The number of nitrogens with zero attached hydrogens (tertiary/aromatic N) is 1. The third-order valence-electron chi connectivity index (χ3n) is 1.29. The molecule has 0 aromatic heterocycles. The summed E-state index contributed by atoms with van der Waals surface area (Å²) in [5, 5.41) is 3.15. The van der Waals surface area contributed by atoms with Gasteiger partial charge >= 0.3 is 0 Å². The van der Waals surface area contributed by atoms with E-state index in [9.17, 15) is 0 Å². The van der Waals surface area contributed by atoms with Gasteiger partial charge in [0.05, 0.1) is 11.5 Å². The zero-order valence-electron chi connectivity index (χ0n) is 4.89. The fourth-order valence-electron chi connectivity index (χ4n) is 0.672. The Morgan fingerprint density at radius 3 is 3.00 bits per heavy atom. The molecule has 1 radical (unpaired) electrons. The number of alkyl halides is 1. The van der Waals surface area contributed by atoms with E-state index >= 15 is 0 Å². The second kappa shape index (κ2) is 2.80. The molecule has 0 saturated carbocycles. The lowest BCUT2D eigenvalue weighted by atomic mass is 10.4. The molecule has 0 aliphatic carbocycles. The second-order valence-corrected chi connectivity index (χ2v) is 2.91. The molecule has 1 rings (SSSR count). The van der Waals surface area contributed by atoms with Crippen molar-refractivity contribution in [2.45, 2.75) is 4.95 Å². The minimum Gasteiger partial charge on any atom is -0.309 e. The van der Waals surface area contributed by atoms with Crippen molar-refractivity contribution < 1.29 is 0 Å². The van der Waals surface area contributed by atoms with E-state index in [0.717, 1.165) is 13.1 Å². The zero-order valence-corrected chi connectivity index (χ0v) is 6.48. The summed E-state index contributed by atoms with van der Waals surface area (Å²) in [6, 6.07) is 0. The molecule has 8 heavy (non-hydrogen) atoms. The number of piperazine rings is 1. The highest BCUT2D eigenvalue weighted by molar-refractivity contribution is 9.09. The molecular weight excluding hydrogens is 168 g/mol. The summed E-state index contributed by atoms with van der Waals surface area (Å²) in [4.78, 5) is 2.65. The van der Waals surface area contributed by atoms with Gasteiger partial charge in [-0.1, -0.05) is 15.9 Å². The van der Waals surface area contributed by atoms with Gasteiger partial charge in [-0.3, -0.25) is 4.90 Å². The first kappa shape index (κ1) is 6.52. The first-order valence-electron chi connectivity index (χ1n) is 2.72. The van der Waals surface area contributed by atoms with E-state index < -0.39 is 0 Å². The molecule has 1 aliphatic rings. The van der Waals surface area contributed by atoms with E-state index in [1.54, 1.807) is 0 Å². The van der Waals surface area contributed by atoms with Crippen molar-refractivity contribution in [3.63, 3.8) is 0 Å². The average Bonchev–Trinajstić information content (AvgIpc) is 1.77. The van der Waals surface area contributed by atoms with Crippen LogP contribution in [0, 0.1) is 6.54 Å². The van der Waals surface area contributed by atoms with Gasteiger partial charge in [0.15, 0.2) is 0 Å². The van der Waals surface area contributed by atoms with Gasteiger partial charge in [0.25, 0.3) is 0 Å². The van der Waals surface area contributed by atoms with Crippen LogP contribution in [0.3, 0.4) is 0 Å². The molecule has 1 N–H and O–H groups in total. The molecule has 0 bridgehead atoms. The standard InChI is InChI=1S/C5H10BrN2/c1-8-3-2-7-4-5(8)6/h4-5,7H,2-3H2,1H3. The summed E-state index contributed by atoms with van der Waals surface area (Å²) in [5.74, 6) is 0. The van der Waals surface area contributed by atoms with E-state index in [0.29, 0.717) is 4.95 Å². The average molecular weight is 178 g/mol. The molecule has 0 amide bonds. The lowest BCUT2D eigenvalue weighted by molar-refractivity contribution is 0.299. The van der Waals surface area contributed by atoms with Gasteiger partial charge in [-0.15, -0.1) is 0 Å². The van der Waals surface area contributed by atoms with Crippen LogP contribution < -0.4 is 5.32 Å². The summed E-state index contributed by atoms with van der Waals surface area (Å²) in [6.45, 7) is 4.23. The lowest BCUT2D eigenvalue weighted by Gasteiger charge is -2.27. The largest absolute Gasteiger partial charge is 0.309 e. The van der Waals surface area contributed by atoms with Crippen LogP contribution in [-0.4, -0.2) is 30.0 Å². The molecular formula is C5H10BrN2. The van der Waals surface area contributed by atoms with E-state index in [4.69, 9.17) is 0 Å². The second-order valence-electron chi connectivity index (χ2n) is 1.97. The quantitative estimate of drug-likeness (QED) is 0.426. The first-order valence-corrected chi connectivity index (χ1v) is 3.63. The Morgan fingerprint density at radius 1 is 1.88 bits per heavy atom. The van der Waals surface area contributed by atoms with Gasteiger partial charge in [-0.25, -0.2) is 0 Å². The highest BCUT2D eigenvalue weighted by atomic mass is 79.9. The van der Waals surface area contributed by atoms with Gasteiger partial charge in [0, 0.05) is 13.1 Å². The fraction of sp³-hybridized carbons (Fsp3) is 0.800. The van der Waals surface area contributed by atoms with Crippen LogP contribution in [0.1, 0.15) is 0 Å². The molecule has 0 spiro atoms. The Morgan fingerprint density at radius 2 is 2.62 bits per heavy atom. The van der Waals surface area contributed by atoms with Crippen molar-refractivity contribution in [2.24, 2.45) is 0 Å². The van der Waals surface area contributed by atoms with E-state index in [-0.39, 0.29) is 0 Å². The molecule has 1 heterocycles. The molecule has 1 unspecified atom stereocenters. The molecule has 1 saturated heterocycles. The summed E-state index contributed by atoms with van der Waals surface area (Å²) in [6.07, 6.45) is 0. The van der Waals surface area contributed by atoms with Crippen molar-refractivity contribution in [1.29, 1.82) is 0 Å². The van der Waals surface area contributed by atoms with Crippen LogP contribution in [0.2, 0.25) is 0 Å². The SMILES string of the molecule is CN1CCN[CH]C1Br. The molecule has 1 atom stereocenters. The number of rotatable bonds is 0. The van der Waals surface area contributed by atoms with Crippen molar-refractivity contribution in [1.82, 2.24) is 10.2 Å². The van der Waals surface area contributed by atoms with Gasteiger partial charge in [0.1, 0.15) is 0 Å². The van der Waals surface area contributed by atoms with Gasteiger partial charge in [0.2, 0.25) is 0 Å². The van der Waals surface area contributed by atoms with Crippen molar-refractivity contribution in [3.8, 4) is 0 Å². The first-order chi connectivity index (χ1) is 3.80. The van der Waals surface area contributed by atoms with Crippen molar-refractivity contribution >= 4 is 15.9 Å². The predicted octanol–water partition coefficient (Wildman–Crippen LogP) is 0.404. The monoisotopic (exact) mass is 177 g/mol. The number of likely N-dealkylation sites (N-methyl/N-ethyl adjacent to an activating group) is 1. The van der Waals surface area contributed by atoms with Crippen LogP contribution >= 0.6 is 15.9 Å². The Kier molecular flexibility index (Phi) is 2.28. The summed E-state index contributed by atoms with van der Waals surface area (Å²) in [5.41, 5.74) is 0. The molecule has 0 aromatic rings. The van der Waals surface area contributed by atoms with Crippen molar-refractivity contribution in [2.75, 3.05) is 20.1 Å². The van der Waals surface area contributed by atoms with E-state index in [2.05, 4.69) is 33.2 Å². The van der Waals surface area contributed by atoms with Gasteiger partial charge < -0.3 is 5.32 Å². The summed E-state index contributed by atoms with van der Waals surface area (Å²) in [7, 11) is 2.09. The topological polar surface area (TPSA) is 15.3 Å². The van der Waals surface area contributed by atoms with Crippen LogP contribution in [-0.2, 0) is 0 Å². The number of halogens is 1. The number of hydrogen-bond donors (Lipinski definition) is 1. The number of hydrogen-bond acceptors (Lipinski definition) is 2.